The Morgan fingerprint density at radius 3 is 1.73 bits per heavy atom. The van der Waals surface area contributed by atoms with E-state index in [4.69, 9.17) is 9.47 Å². The van der Waals surface area contributed by atoms with Gasteiger partial charge in [-0.1, -0.05) is 84.1 Å². The minimum atomic E-state index is -4.73. The molecule has 0 saturated heterocycles. The second kappa shape index (κ2) is 19.0. The normalized spacial score (nSPS) is 11.0. The van der Waals surface area contributed by atoms with E-state index in [1.165, 1.54) is 18.6 Å². The molecule has 0 bridgehead atoms. The van der Waals surface area contributed by atoms with E-state index in [1.807, 2.05) is 0 Å². The topological polar surface area (TPSA) is 107 Å². The van der Waals surface area contributed by atoms with E-state index >= 15 is 0 Å². The van der Waals surface area contributed by atoms with Crippen molar-refractivity contribution in [1.82, 2.24) is 0 Å². The Kier molecular flexibility index (Phi) is 18.8. The van der Waals surface area contributed by atoms with E-state index in [2.05, 4.69) is 13.8 Å². The Morgan fingerprint density at radius 1 is 0.788 bits per heavy atom. The molecule has 0 aliphatic rings. The zero-order valence-corrected chi connectivity index (χ0v) is 24.4. The van der Waals surface area contributed by atoms with Gasteiger partial charge in [0.15, 0.2) is 0 Å². The van der Waals surface area contributed by atoms with E-state index < -0.39 is 32.5 Å². The van der Waals surface area contributed by atoms with Gasteiger partial charge in [-0.2, -0.15) is 8.42 Å². The molecule has 1 aromatic rings. The van der Waals surface area contributed by atoms with Crippen molar-refractivity contribution in [3.05, 3.63) is 29.3 Å². The van der Waals surface area contributed by atoms with Gasteiger partial charge < -0.3 is 10.9 Å². The summed E-state index contributed by atoms with van der Waals surface area (Å²) in [6.07, 6.45) is 12.1. The number of ether oxygens (including phenoxy) is 2. The molecule has 1 aromatic carbocycles. The number of hydrogen-bond acceptors (Lipinski definition) is 6. The van der Waals surface area contributed by atoms with Crippen molar-refractivity contribution < 1.29 is 84.8 Å². The molecule has 1 rings (SSSR count). The number of carbonyl (C=O) groups is 2. The van der Waals surface area contributed by atoms with Crippen molar-refractivity contribution in [2.24, 2.45) is 0 Å². The van der Waals surface area contributed by atoms with Crippen LogP contribution in [0, 0.1) is 0 Å². The van der Waals surface area contributed by atoms with Gasteiger partial charge in [0.2, 0.25) is 0 Å². The molecule has 33 heavy (non-hydrogen) atoms. The van der Waals surface area contributed by atoms with E-state index in [1.54, 1.807) is 0 Å². The molecule has 7 nitrogen and oxygen atoms in total. The van der Waals surface area contributed by atoms with E-state index in [0.717, 1.165) is 63.9 Å². The van der Waals surface area contributed by atoms with Crippen LogP contribution in [0.4, 0.5) is 0 Å². The van der Waals surface area contributed by atoms with Crippen LogP contribution in [-0.2, 0) is 19.6 Å². The Labute approximate surface area is 243 Å². The van der Waals surface area contributed by atoms with Crippen LogP contribution in [0.1, 0.15) is 113 Å². The van der Waals surface area contributed by atoms with Gasteiger partial charge in [-0.3, -0.25) is 4.55 Å². The first-order valence-corrected chi connectivity index (χ1v) is 13.2. The fraction of sp³-hybridized carbons (Fsp3) is 0.667. The first kappa shape index (κ1) is 32.7. The van der Waals surface area contributed by atoms with Crippen molar-refractivity contribution in [2.75, 3.05) is 13.2 Å². The third-order valence-electron chi connectivity index (χ3n) is 5.19. The van der Waals surface area contributed by atoms with Crippen molar-refractivity contribution in [3.8, 4) is 0 Å². The SMILES string of the molecule is CCCCCCCCOC(=O)c1cccc(S(=O)(=O)O)c1C(=O)OCCCCCCCC.[H-].[K+]. The molecule has 9 heteroatoms. The summed E-state index contributed by atoms with van der Waals surface area (Å²) in [6.45, 7) is 4.55. The fourth-order valence-corrected chi connectivity index (χ4v) is 4.07. The number of rotatable bonds is 17. The largest absolute Gasteiger partial charge is 1.00 e. The molecule has 0 saturated carbocycles. The van der Waals surface area contributed by atoms with Gasteiger partial charge in [0.25, 0.3) is 10.1 Å². The van der Waals surface area contributed by atoms with Crippen LogP contribution >= 0.6 is 0 Å². The number of benzene rings is 1. The molecule has 0 aromatic heterocycles. The first-order valence-electron chi connectivity index (χ1n) is 11.8. The maximum atomic E-state index is 12.6. The van der Waals surface area contributed by atoms with Crippen molar-refractivity contribution in [2.45, 2.75) is 95.8 Å². The van der Waals surface area contributed by atoms with Gasteiger partial charge >= 0.3 is 63.3 Å². The Morgan fingerprint density at radius 2 is 1.24 bits per heavy atom. The summed E-state index contributed by atoms with van der Waals surface area (Å²) in [7, 11) is -4.73. The third-order valence-corrected chi connectivity index (χ3v) is 6.09. The summed E-state index contributed by atoms with van der Waals surface area (Å²) in [4.78, 5) is 24.5. The Bertz CT molecular complexity index is 816. The smallest absolute Gasteiger partial charge is 1.00 e. The zero-order chi connectivity index (χ0) is 23.8. The Hall–Kier alpha value is -0.294. The van der Waals surface area contributed by atoms with E-state index in [-0.39, 0.29) is 71.6 Å². The predicted molar refractivity (Wildman–Crippen MR) is 125 cm³/mol. The van der Waals surface area contributed by atoms with E-state index in [9.17, 15) is 22.6 Å². The first-order chi connectivity index (χ1) is 15.3. The second-order valence-electron chi connectivity index (χ2n) is 7.96. The summed E-state index contributed by atoms with van der Waals surface area (Å²) in [6, 6.07) is 3.66. The predicted octanol–water partition coefficient (Wildman–Crippen LogP) is 3.08. The van der Waals surface area contributed by atoms with Gasteiger partial charge in [0.1, 0.15) is 4.90 Å². The minimum absolute atomic E-state index is 0. The standard InChI is InChI=1S/C24H38O7S.K.H/c1-3-5-7-9-11-13-18-30-23(25)20-16-15-17-21(32(27,28)29)22(20)24(26)31-19-14-12-10-8-6-4-2;;/h15-17H,3-14,18-19H2,1-2H3,(H,27,28,29);;/q;+1;-1. The van der Waals surface area contributed by atoms with Crippen LogP contribution in [0.2, 0.25) is 0 Å². The summed E-state index contributed by atoms with van der Waals surface area (Å²) in [5, 5.41) is 0. The molecule has 0 amide bonds. The second-order valence-corrected chi connectivity index (χ2v) is 9.35. The number of hydrogen-bond donors (Lipinski definition) is 1. The van der Waals surface area contributed by atoms with Gasteiger partial charge in [-0.15, -0.1) is 0 Å². The van der Waals surface area contributed by atoms with Crippen molar-refractivity contribution in [1.29, 1.82) is 0 Å². The van der Waals surface area contributed by atoms with Crippen LogP contribution in [0.5, 0.6) is 0 Å². The van der Waals surface area contributed by atoms with Gasteiger partial charge in [-0.25, -0.2) is 9.59 Å². The molecule has 0 heterocycles. The quantitative estimate of drug-likeness (QED) is 0.149. The number of esters is 2. The molecule has 0 fully saturated rings. The minimum Gasteiger partial charge on any atom is -1.00 e. The molecule has 1 N–H and O–H groups in total. The number of carbonyl (C=O) groups excluding carboxylic acids is 2. The van der Waals surface area contributed by atoms with Crippen molar-refractivity contribution >= 4 is 22.1 Å². The molecule has 0 spiro atoms. The summed E-state index contributed by atoms with van der Waals surface area (Å²) in [5.74, 6) is -1.77. The van der Waals surface area contributed by atoms with Crippen molar-refractivity contribution in [3.63, 3.8) is 0 Å². The van der Waals surface area contributed by atoms with Crippen LogP contribution in [-0.4, -0.2) is 38.1 Å². The summed E-state index contributed by atoms with van der Waals surface area (Å²) < 4.78 is 43.6. The molecule has 0 unspecified atom stereocenters. The van der Waals surface area contributed by atoms with Crippen LogP contribution in [0.25, 0.3) is 0 Å². The fourth-order valence-electron chi connectivity index (χ4n) is 3.37. The molecule has 0 radical (unpaired) electrons. The average molecular weight is 511 g/mol. The van der Waals surface area contributed by atoms with Crippen LogP contribution in [0.3, 0.4) is 0 Å². The third kappa shape index (κ3) is 13.4. The van der Waals surface area contributed by atoms with Crippen LogP contribution in [0.15, 0.2) is 23.1 Å². The van der Waals surface area contributed by atoms with Crippen LogP contribution < -0.4 is 51.4 Å². The molecule has 0 aliphatic heterocycles. The van der Waals surface area contributed by atoms with E-state index in [0.29, 0.717) is 12.8 Å². The number of unbranched alkanes of at least 4 members (excludes halogenated alkanes) is 10. The van der Waals surface area contributed by atoms with Gasteiger partial charge in [0, 0.05) is 0 Å². The molecule has 184 valence electrons. The van der Waals surface area contributed by atoms with Gasteiger partial charge in [0.05, 0.1) is 24.3 Å². The zero-order valence-electron chi connectivity index (χ0n) is 21.4. The maximum Gasteiger partial charge on any atom is 1.00 e. The summed E-state index contributed by atoms with van der Waals surface area (Å²) >= 11 is 0. The monoisotopic (exact) mass is 510 g/mol. The average Bonchev–Trinajstić information content (AvgIpc) is 2.76. The molecular formula is C24H39KO7S. The maximum absolute atomic E-state index is 12.6. The summed E-state index contributed by atoms with van der Waals surface area (Å²) in [5.41, 5.74) is -0.701. The Balaban J connectivity index is 0. The molecular weight excluding hydrogens is 471 g/mol. The molecule has 0 atom stereocenters. The van der Waals surface area contributed by atoms with Gasteiger partial charge in [-0.05, 0) is 25.0 Å². The molecule has 0 aliphatic carbocycles.